The quantitative estimate of drug-likeness (QED) is 0.642. The molecule has 6 nitrogen and oxygen atoms in total. The lowest BCUT2D eigenvalue weighted by atomic mass is 10.0. The third-order valence-electron chi connectivity index (χ3n) is 4.64. The maximum Gasteiger partial charge on any atom is 0.243 e. The number of rotatable bonds is 8. The summed E-state index contributed by atoms with van der Waals surface area (Å²) >= 11 is 0. The molecule has 0 aliphatic rings. The van der Waals surface area contributed by atoms with Gasteiger partial charge in [0.15, 0.2) is 0 Å². The molecule has 1 atom stereocenters. The summed E-state index contributed by atoms with van der Waals surface area (Å²) in [4.78, 5) is 37.1. The molecule has 0 saturated carbocycles. The van der Waals surface area contributed by atoms with E-state index in [0.717, 1.165) is 22.4 Å². The van der Waals surface area contributed by atoms with Gasteiger partial charge in [-0.05, 0) is 36.5 Å². The molecule has 3 amide bonds. The first-order valence-corrected chi connectivity index (χ1v) is 9.75. The summed E-state index contributed by atoms with van der Waals surface area (Å²) in [5.41, 5.74) is 3.54. The summed E-state index contributed by atoms with van der Waals surface area (Å²) in [7, 11) is 0. The van der Waals surface area contributed by atoms with Crippen LogP contribution in [0.1, 0.15) is 30.5 Å². The average molecular weight is 396 g/mol. The monoisotopic (exact) mass is 395 g/mol. The van der Waals surface area contributed by atoms with Crippen molar-refractivity contribution in [3.05, 3.63) is 65.2 Å². The van der Waals surface area contributed by atoms with Crippen molar-refractivity contribution in [2.75, 3.05) is 11.9 Å². The van der Waals surface area contributed by atoms with E-state index in [1.54, 1.807) is 0 Å². The molecule has 0 aromatic heterocycles. The van der Waals surface area contributed by atoms with E-state index >= 15 is 0 Å². The number of hydrogen-bond acceptors (Lipinski definition) is 3. The van der Waals surface area contributed by atoms with Gasteiger partial charge in [0.05, 0.1) is 13.0 Å². The number of carbonyl (C=O) groups is 3. The Morgan fingerprint density at radius 2 is 1.48 bits per heavy atom. The highest BCUT2D eigenvalue weighted by Gasteiger charge is 2.24. The van der Waals surface area contributed by atoms with E-state index in [2.05, 4.69) is 16.0 Å². The molecular weight excluding hydrogens is 366 g/mol. The van der Waals surface area contributed by atoms with Gasteiger partial charge in [-0.25, -0.2) is 0 Å². The van der Waals surface area contributed by atoms with E-state index in [-0.39, 0.29) is 36.6 Å². The summed E-state index contributed by atoms with van der Waals surface area (Å²) in [5, 5.41) is 8.23. The van der Waals surface area contributed by atoms with Gasteiger partial charge in [-0.1, -0.05) is 62.4 Å². The lowest BCUT2D eigenvalue weighted by Crippen LogP contribution is -2.51. The Labute approximate surface area is 172 Å². The zero-order valence-corrected chi connectivity index (χ0v) is 17.4. The van der Waals surface area contributed by atoms with Gasteiger partial charge < -0.3 is 16.0 Å². The SMILES string of the molecule is Cc1cccc(C)c1NC(=O)CNC(=O)[C@@H](NC(=O)Cc1ccccc1)C(C)C. The number of benzene rings is 2. The van der Waals surface area contributed by atoms with Crippen LogP contribution in [0.25, 0.3) is 0 Å². The molecule has 0 aliphatic heterocycles. The molecule has 3 N–H and O–H groups in total. The van der Waals surface area contributed by atoms with Crippen LogP contribution >= 0.6 is 0 Å². The minimum Gasteiger partial charge on any atom is -0.345 e. The molecule has 2 rings (SSSR count). The Hall–Kier alpha value is -3.15. The van der Waals surface area contributed by atoms with Crippen molar-refractivity contribution >= 4 is 23.4 Å². The fraction of sp³-hybridized carbons (Fsp3) is 0.348. The lowest BCUT2D eigenvalue weighted by Gasteiger charge is -2.22. The van der Waals surface area contributed by atoms with Crippen LogP contribution in [-0.4, -0.2) is 30.3 Å². The molecular formula is C23H29N3O3. The number of carbonyl (C=O) groups excluding carboxylic acids is 3. The second kappa shape index (κ2) is 10.4. The Morgan fingerprint density at radius 3 is 2.07 bits per heavy atom. The van der Waals surface area contributed by atoms with Crippen molar-refractivity contribution < 1.29 is 14.4 Å². The maximum atomic E-state index is 12.6. The molecule has 0 fully saturated rings. The molecule has 29 heavy (non-hydrogen) atoms. The largest absolute Gasteiger partial charge is 0.345 e. The van der Waals surface area contributed by atoms with E-state index in [9.17, 15) is 14.4 Å². The van der Waals surface area contributed by atoms with Crippen molar-refractivity contribution in [1.82, 2.24) is 10.6 Å². The van der Waals surface area contributed by atoms with Crippen LogP contribution in [0.3, 0.4) is 0 Å². The molecule has 0 heterocycles. The number of amides is 3. The Balaban J connectivity index is 1.90. The molecule has 0 spiro atoms. The van der Waals surface area contributed by atoms with Gasteiger partial charge in [0, 0.05) is 5.69 Å². The molecule has 154 valence electrons. The van der Waals surface area contributed by atoms with Gasteiger partial charge in [0.1, 0.15) is 6.04 Å². The number of hydrogen-bond donors (Lipinski definition) is 3. The van der Waals surface area contributed by atoms with Crippen LogP contribution in [0.5, 0.6) is 0 Å². The van der Waals surface area contributed by atoms with Crippen molar-refractivity contribution in [1.29, 1.82) is 0 Å². The smallest absolute Gasteiger partial charge is 0.243 e. The van der Waals surface area contributed by atoms with Crippen molar-refractivity contribution in [3.63, 3.8) is 0 Å². The fourth-order valence-corrected chi connectivity index (χ4v) is 3.01. The van der Waals surface area contributed by atoms with Gasteiger partial charge in [-0.2, -0.15) is 0 Å². The topological polar surface area (TPSA) is 87.3 Å². The first kappa shape index (κ1) is 22.1. The van der Waals surface area contributed by atoms with Gasteiger partial charge in [-0.3, -0.25) is 14.4 Å². The first-order chi connectivity index (χ1) is 13.8. The van der Waals surface area contributed by atoms with Gasteiger partial charge in [0.2, 0.25) is 17.7 Å². The molecule has 0 radical (unpaired) electrons. The molecule has 2 aromatic carbocycles. The zero-order chi connectivity index (χ0) is 21.4. The number of aryl methyl sites for hydroxylation is 2. The fourth-order valence-electron chi connectivity index (χ4n) is 3.01. The first-order valence-electron chi connectivity index (χ1n) is 9.75. The average Bonchev–Trinajstić information content (AvgIpc) is 2.68. The standard InChI is InChI=1S/C23H29N3O3/c1-15(2)21(25-19(27)13-18-11-6-5-7-12-18)23(29)24-14-20(28)26-22-16(3)9-8-10-17(22)4/h5-12,15,21H,13-14H2,1-4H3,(H,24,29)(H,25,27)(H,26,28)/t21-/m0/s1. The summed E-state index contributed by atoms with van der Waals surface area (Å²) in [6, 6.07) is 14.4. The second-order valence-electron chi connectivity index (χ2n) is 7.48. The van der Waals surface area contributed by atoms with Crippen LogP contribution in [-0.2, 0) is 20.8 Å². The van der Waals surface area contributed by atoms with E-state index < -0.39 is 6.04 Å². The number of nitrogens with one attached hydrogen (secondary N) is 3. The molecule has 0 aliphatic carbocycles. The molecule has 0 unspecified atom stereocenters. The van der Waals surface area contributed by atoms with Crippen molar-refractivity contribution in [2.24, 2.45) is 5.92 Å². The lowest BCUT2D eigenvalue weighted by molar-refractivity contribution is -0.130. The highest BCUT2D eigenvalue weighted by atomic mass is 16.2. The Bertz CT molecular complexity index is 843. The minimum atomic E-state index is -0.709. The third kappa shape index (κ3) is 6.75. The summed E-state index contributed by atoms with van der Waals surface area (Å²) in [6.45, 7) is 7.37. The van der Waals surface area contributed by atoms with Crippen molar-refractivity contribution in [3.8, 4) is 0 Å². The maximum absolute atomic E-state index is 12.6. The third-order valence-corrected chi connectivity index (χ3v) is 4.64. The molecule has 0 bridgehead atoms. The van der Waals surface area contributed by atoms with Crippen LogP contribution in [0.4, 0.5) is 5.69 Å². The van der Waals surface area contributed by atoms with E-state index in [1.807, 2.05) is 76.2 Å². The summed E-state index contributed by atoms with van der Waals surface area (Å²) < 4.78 is 0. The van der Waals surface area contributed by atoms with E-state index in [4.69, 9.17) is 0 Å². The predicted octanol–water partition coefficient (Wildman–Crippen LogP) is 2.74. The highest BCUT2D eigenvalue weighted by Crippen LogP contribution is 2.19. The molecule has 0 saturated heterocycles. The minimum absolute atomic E-state index is 0.114. The summed E-state index contributed by atoms with van der Waals surface area (Å²) in [5.74, 6) is -1.03. The Kier molecular flexibility index (Phi) is 7.95. The van der Waals surface area contributed by atoms with Crippen molar-refractivity contribution in [2.45, 2.75) is 40.2 Å². The van der Waals surface area contributed by atoms with E-state index in [0.29, 0.717) is 0 Å². The van der Waals surface area contributed by atoms with Crippen LogP contribution < -0.4 is 16.0 Å². The van der Waals surface area contributed by atoms with E-state index in [1.165, 1.54) is 0 Å². The normalized spacial score (nSPS) is 11.6. The highest BCUT2D eigenvalue weighted by molar-refractivity contribution is 5.97. The summed E-state index contributed by atoms with van der Waals surface area (Å²) in [6.07, 6.45) is 0.199. The predicted molar refractivity (Wildman–Crippen MR) is 114 cm³/mol. The second-order valence-corrected chi connectivity index (χ2v) is 7.48. The van der Waals surface area contributed by atoms with Gasteiger partial charge in [0.25, 0.3) is 0 Å². The number of para-hydroxylation sites is 1. The zero-order valence-electron chi connectivity index (χ0n) is 17.4. The van der Waals surface area contributed by atoms with Gasteiger partial charge >= 0.3 is 0 Å². The Morgan fingerprint density at radius 1 is 0.862 bits per heavy atom. The van der Waals surface area contributed by atoms with Crippen LogP contribution in [0.15, 0.2) is 48.5 Å². The van der Waals surface area contributed by atoms with Gasteiger partial charge in [-0.15, -0.1) is 0 Å². The molecule has 6 heteroatoms. The van der Waals surface area contributed by atoms with Crippen LogP contribution in [0.2, 0.25) is 0 Å². The van der Waals surface area contributed by atoms with Crippen LogP contribution in [0, 0.1) is 19.8 Å². The molecule has 2 aromatic rings. The number of anilines is 1.